The second kappa shape index (κ2) is 5.88. The van der Waals surface area contributed by atoms with E-state index in [4.69, 9.17) is 9.84 Å². The van der Waals surface area contributed by atoms with Crippen molar-refractivity contribution in [3.05, 3.63) is 0 Å². The van der Waals surface area contributed by atoms with Gasteiger partial charge in [-0.1, -0.05) is 6.92 Å². The lowest BCUT2D eigenvalue weighted by Crippen LogP contribution is -2.55. The third-order valence-corrected chi connectivity index (χ3v) is 4.16. The first kappa shape index (κ1) is 14.3. The maximum Gasteiger partial charge on any atom is 0.320 e. The number of piperazine rings is 1. The lowest BCUT2D eigenvalue weighted by molar-refractivity contribution is -0.147. The highest BCUT2D eigenvalue weighted by Crippen LogP contribution is 2.22. The molecule has 2 aliphatic rings. The molecule has 3 unspecified atom stereocenters. The van der Waals surface area contributed by atoms with Crippen LogP contribution in [0.15, 0.2) is 0 Å². The van der Waals surface area contributed by atoms with Gasteiger partial charge in [0.05, 0.1) is 0 Å². The molecule has 0 aromatic heterocycles. The minimum atomic E-state index is -0.812. The number of carboxylic acids is 1. The second-order valence-corrected chi connectivity index (χ2v) is 5.43. The van der Waals surface area contributed by atoms with Crippen molar-refractivity contribution in [2.24, 2.45) is 5.92 Å². The molecule has 0 saturated carbocycles. The molecule has 0 radical (unpaired) electrons. The van der Waals surface area contributed by atoms with Gasteiger partial charge in [0.15, 0.2) is 0 Å². The Morgan fingerprint density at radius 1 is 1.26 bits per heavy atom. The highest BCUT2D eigenvalue weighted by Gasteiger charge is 2.36. The number of rotatable bonds is 3. The first-order chi connectivity index (χ1) is 9.00. The summed E-state index contributed by atoms with van der Waals surface area (Å²) in [5.41, 5.74) is 0. The van der Waals surface area contributed by atoms with Crippen LogP contribution in [0.3, 0.4) is 0 Å². The summed E-state index contributed by atoms with van der Waals surface area (Å²) < 4.78 is 5.49. The molecule has 108 valence electrons. The lowest BCUT2D eigenvalue weighted by Gasteiger charge is -2.37. The zero-order valence-corrected chi connectivity index (χ0v) is 11.5. The van der Waals surface area contributed by atoms with E-state index in [1.165, 1.54) is 0 Å². The summed E-state index contributed by atoms with van der Waals surface area (Å²) in [4.78, 5) is 26.9. The number of hydrogen-bond donors (Lipinski definition) is 1. The van der Waals surface area contributed by atoms with E-state index in [1.54, 1.807) is 11.8 Å². The molecule has 2 saturated heterocycles. The van der Waals surface area contributed by atoms with Crippen LogP contribution in [-0.4, -0.2) is 71.7 Å². The molecular weight excluding hydrogens is 248 g/mol. The van der Waals surface area contributed by atoms with Gasteiger partial charge in [-0.2, -0.15) is 0 Å². The Kier molecular flexibility index (Phi) is 4.42. The molecule has 0 aliphatic carbocycles. The lowest BCUT2D eigenvalue weighted by atomic mass is 10.0. The Bertz CT molecular complexity index is 353. The molecule has 2 rings (SSSR count). The average molecular weight is 270 g/mol. The van der Waals surface area contributed by atoms with E-state index in [1.807, 2.05) is 11.8 Å². The van der Waals surface area contributed by atoms with Crippen molar-refractivity contribution in [3.63, 3.8) is 0 Å². The number of carboxylic acid groups (broad SMARTS) is 1. The maximum atomic E-state index is 12.3. The van der Waals surface area contributed by atoms with E-state index >= 15 is 0 Å². The van der Waals surface area contributed by atoms with E-state index in [9.17, 15) is 9.59 Å². The monoisotopic (exact) mass is 270 g/mol. The fourth-order valence-electron chi connectivity index (χ4n) is 2.68. The summed E-state index contributed by atoms with van der Waals surface area (Å²) in [6.07, 6.45) is 0.635. The zero-order valence-electron chi connectivity index (χ0n) is 11.5. The normalized spacial score (nSPS) is 30.3. The minimum Gasteiger partial charge on any atom is -0.480 e. The summed E-state index contributed by atoms with van der Waals surface area (Å²) in [6, 6.07) is -0.487. The van der Waals surface area contributed by atoms with Gasteiger partial charge in [0.25, 0.3) is 5.91 Å². The first-order valence-corrected chi connectivity index (χ1v) is 6.88. The van der Waals surface area contributed by atoms with Crippen molar-refractivity contribution in [1.29, 1.82) is 0 Å². The van der Waals surface area contributed by atoms with Gasteiger partial charge in [-0.05, 0) is 19.3 Å². The Hall–Kier alpha value is -1.14. The maximum absolute atomic E-state index is 12.3. The molecular formula is C13H22N2O4. The van der Waals surface area contributed by atoms with Crippen LogP contribution in [0.25, 0.3) is 0 Å². The molecule has 1 N–H and O–H groups in total. The summed E-state index contributed by atoms with van der Waals surface area (Å²) in [7, 11) is 0. The third-order valence-electron chi connectivity index (χ3n) is 4.16. The predicted octanol–water partition coefficient (Wildman–Crippen LogP) is 0.0287. The van der Waals surface area contributed by atoms with Crippen molar-refractivity contribution in [2.45, 2.75) is 32.4 Å². The van der Waals surface area contributed by atoms with Gasteiger partial charge in [0.2, 0.25) is 0 Å². The van der Waals surface area contributed by atoms with Crippen molar-refractivity contribution >= 4 is 11.9 Å². The SMILES string of the molecule is CC1CCOC1C(=O)N1CCN(C(C)C(=O)O)CC1. The molecule has 0 bridgehead atoms. The molecule has 6 heteroatoms. The van der Waals surface area contributed by atoms with Crippen molar-refractivity contribution in [2.75, 3.05) is 32.8 Å². The van der Waals surface area contributed by atoms with Gasteiger partial charge in [-0.3, -0.25) is 14.5 Å². The molecule has 6 nitrogen and oxygen atoms in total. The summed E-state index contributed by atoms with van der Waals surface area (Å²) in [5, 5.41) is 8.97. The third kappa shape index (κ3) is 3.06. The summed E-state index contributed by atoms with van der Waals surface area (Å²) >= 11 is 0. The van der Waals surface area contributed by atoms with E-state index in [0.29, 0.717) is 32.8 Å². The van der Waals surface area contributed by atoms with Crippen LogP contribution in [0, 0.1) is 5.92 Å². The fraction of sp³-hybridized carbons (Fsp3) is 0.846. The second-order valence-electron chi connectivity index (χ2n) is 5.43. The Balaban J connectivity index is 1.86. The number of nitrogens with zero attached hydrogens (tertiary/aromatic N) is 2. The van der Waals surface area contributed by atoms with E-state index in [2.05, 4.69) is 0 Å². The van der Waals surface area contributed by atoms with Gasteiger partial charge in [-0.15, -0.1) is 0 Å². The van der Waals surface area contributed by atoms with E-state index in [-0.39, 0.29) is 17.9 Å². The van der Waals surface area contributed by atoms with Crippen molar-refractivity contribution in [3.8, 4) is 0 Å². The highest BCUT2D eigenvalue weighted by atomic mass is 16.5. The predicted molar refractivity (Wildman–Crippen MR) is 68.8 cm³/mol. The van der Waals surface area contributed by atoms with Crippen molar-refractivity contribution in [1.82, 2.24) is 9.80 Å². The average Bonchev–Trinajstić information content (AvgIpc) is 2.83. The fourth-order valence-corrected chi connectivity index (χ4v) is 2.68. The molecule has 2 fully saturated rings. The Morgan fingerprint density at radius 2 is 1.89 bits per heavy atom. The Morgan fingerprint density at radius 3 is 2.37 bits per heavy atom. The number of hydrogen-bond acceptors (Lipinski definition) is 4. The molecule has 3 atom stereocenters. The van der Waals surface area contributed by atoms with Crippen LogP contribution < -0.4 is 0 Å². The molecule has 0 aromatic rings. The molecule has 0 aromatic carbocycles. The van der Waals surface area contributed by atoms with Crippen LogP contribution in [0.1, 0.15) is 20.3 Å². The van der Waals surface area contributed by atoms with Crippen LogP contribution in [0.4, 0.5) is 0 Å². The number of ether oxygens (including phenoxy) is 1. The van der Waals surface area contributed by atoms with Crippen LogP contribution >= 0.6 is 0 Å². The molecule has 2 heterocycles. The number of aliphatic carboxylic acids is 1. The molecule has 19 heavy (non-hydrogen) atoms. The smallest absolute Gasteiger partial charge is 0.320 e. The van der Waals surface area contributed by atoms with E-state index in [0.717, 1.165) is 6.42 Å². The molecule has 2 aliphatic heterocycles. The Labute approximate surface area is 113 Å². The number of carbonyl (C=O) groups excluding carboxylic acids is 1. The van der Waals surface area contributed by atoms with Gasteiger partial charge in [0.1, 0.15) is 12.1 Å². The van der Waals surface area contributed by atoms with Crippen LogP contribution in [0.5, 0.6) is 0 Å². The van der Waals surface area contributed by atoms with Crippen LogP contribution in [0.2, 0.25) is 0 Å². The van der Waals surface area contributed by atoms with Gasteiger partial charge >= 0.3 is 5.97 Å². The topological polar surface area (TPSA) is 70.1 Å². The van der Waals surface area contributed by atoms with Crippen LogP contribution in [-0.2, 0) is 14.3 Å². The minimum absolute atomic E-state index is 0.0626. The zero-order chi connectivity index (χ0) is 14.0. The number of amides is 1. The molecule has 1 amide bonds. The molecule has 0 spiro atoms. The van der Waals surface area contributed by atoms with E-state index < -0.39 is 12.0 Å². The summed E-state index contributed by atoms with van der Waals surface area (Å²) in [5.74, 6) is -0.469. The standard InChI is InChI=1S/C13H22N2O4/c1-9-3-8-19-11(9)12(16)15-6-4-14(5-7-15)10(2)13(17)18/h9-11H,3-8H2,1-2H3,(H,17,18). The summed E-state index contributed by atoms with van der Waals surface area (Å²) in [6.45, 7) is 6.78. The highest BCUT2D eigenvalue weighted by molar-refractivity contribution is 5.81. The quantitative estimate of drug-likeness (QED) is 0.783. The van der Waals surface area contributed by atoms with Crippen molar-refractivity contribution < 1.29 is 19.4 Å². The van der Waals surface area contributed by atoms with Gasteiger partial charge in [-0.25, -0.2) is 0 Å². The van der Waals surface area contributed by atoms with Gasteiger partial charge < -0.3 is 14.7 Å². The largest absolute Gasteiger partial charge is 0.480 e. The first-order valence-electron chi connectivity index (χ1n) is 6.88. The van der Waals surface area contributed by atoms with Gasteiger partial charge in [0, 0.05) is 32.8 Å². The number of carbonyl (C=O) groups is 2.